The van der Waals surface area contributed by atoms with Gasteiger partial charge in [0.2, 0.25) is 15.9 Å². The lowest BCUT2D eigenvalue weighted by Gasteiger charge is -2.29. The summed E-state index contributed by atoms with van der Waals surface area (Å²) in [5.74, 6) is 1.54. The summed E-state index contributed by atoms with van der Waals surface area (Å²) in [4.78, 5) is 15.2. The Morgan fingerprint density at radius 1 is 1.03 bits per heavy atom. The van der Waals surface area contributed by atoms with Gasteiger partial charge in [-0.2, -0.15) is 4.31 Å². The Bertz CT molecular complexity index is 1290. The molecule has 38 heavy (non-hydrogen) atoms. The summed E-state index contributed by atoms with van der Waals surface area (Å²) in [5, 5.41) is 1.17. The van der Waals surface area contributed by atoms with Crippen molar-refractivity contribution in [1.29, 1.82) is 0 Å². The highest BCUT2D eigenvalue weighted by Gasteiger charge is 2.29. The Labute approximate surface area is 225 Å². The summed E-state index contributed by atoms with van der Waals surface area (Å²) in [5.41, 5.74) is 1.72. The van der Waals surface area contributed by atoms with Gasteiger partial charge in [-0.25, -0.2) is 8.42 Å². The zero-order valence-corrected chi connectivity index (χ0v) is 23.2. The summed E-state index contributed by atoms with van der Waals surface area (Å²) >= 11 is 0. The number of hydrogen-bond acceptors (Lipinski definition) is 6. The largest absolute Gasteiger partial charge is 0.493 e. The van der Waals surface area contributed by atoms with Crippen molar-refractivity contribution in [2.24, 2.45) is 0 Å². The summed E-state index contributed by atoms with van der Waals surface area (Å²) < 4.78 is 44.1. The van der Waals surface area contributed by atoms with Gasteiger partial charge in [-0.3, -0.25) is 4.79 Å². The first kappa shape index (κ1) is 29.0. The topological polar surface area (TPSA) is 89.3 Å². The van der Waals surface area contributed by atoms with Crippen LogP contribution in [0.3, 0.4) is 0 Å². The molecule has 0 saturated carbocycles. The van der Waals surface area contributed by atoms with E-state index in [1.54, 1.807) is 43.6 Å². The van der Waals surface area contributed by atoms with Gasteiger partial charge in [-0.05, 0) is 61.2 Å². The predicted molar refractivity (Wildman–Crippen MR) is 148 cm³/mol. The summed E-state index contributed by atoms with van der Waals surface area (Å²) in [7, 11) is -0.704. The SMILES string of the molecule is CC[C@@H](C)N(CC(=O)N(CCc1ccc(OC)c(OC)c1)Cc1ccco1)S(=O)(=O)/C=C/c1ccccc1. The number of methoxy groups -OCH3 is 2. The first-order chi connectivity index (χ1) is 18.3. The fourth-order valence-corrected chi connectivity index (χ4v) is 5.35. The number of benzene rings is 2. The molecule has 0 unspecified atom stereocenters. The van der Waals surface area contributed by atoms with E-state index < -0.39 is 10.0 Å². The van der Waals surface area contributed by atoms with Crippen molar-refractivity contribution < 1.29 is 27.1 Å². The van der Waals surface area contributed by atoms with E-state index in [0.29, 0.717) is 36.6 Å². The van der Waals surface area contributed by atoms with Crippen LogP contribution in [0.2, 0.25) is 0 Å². The second-order valence-corrected chi connectivity index (χ2v) is 10.7. The van der Waals surface area contributed by atoms with E-state index in [1.807, 2.05) is 62.4 Å². The fraction of sp³-hybridized carbons (Fsp3) is 0.345. The third-order valence-electron chi connectivity index (χ3n) is 6.33. The second-order valence-electron chi connectivity index (χ2n) is 8.89. The van der Waals surface area contributed by atoms with E-state index in [4.69, 9.17) is 13.9 Å². The number of nitrogens with zero attached hydrogens (tertiary/aromatic N) is 2. The molecule has 0 spiro atoms. The van der Waals surface area contributed by atoms with Crippen molar-refractivity contribution in [2.45, 2.75) is 39.3 Å². The van der Waals surface area contributed by atoms with Crippen molar-refractivity contribution >= 4 is 22.0 Å². The molecule has 9 heteroatoms. The molecule has 3 aromatic rings. The Morgan fingerprint density at radius 3 is 2.39 bits per heavy atom. The quantitative estimate of drug-likeness (QED) is 0.287. The van der Waals surface area contributed by atoms with Gasteiger partial charge in [0.1, 0.15) is 5.76 Å². The third kappa shape index (κ3) is 7.97. The van der Waals surface area contributed by atoms with Crippen LogP contribution < -0.4 is 9.47 Å². The van der Waals surface area contributed by atoms with Crippen LogP contribution >= 0.6 is 0 Å². The van der Waals surface area contributed by atoms with Gasteiger partial charge in [0, 0.05) is 18.0 Å². The van der Waals surface area contributed by atoms with Crippen LogP contribution in [0.5, 0.6) is 11.5 Å². The fourth-order valence-electron chi connectivity index (χ4n) is 3.92. The molecule has 1 amide bonds. The number of amides is 1. The molecular formula is C29H36N2O6S. The molecule has 0 aliphatic heterocycles. The van der Waals surface area contributed by atoms with Crippen molar-refractivity contribution in [2.75, 3.05) is 27.3 Å². The second kappa shape index (κ2) is 13.8. The zero-order valence-electron chi connectivity index (χ0n) is 22.4. The molecule has 0 fully saturated rings. The first-order valence-electron chi connectivity index (χ1n) is 12.5. The minimum Gasteiger partial charge on any atom is -0.493 e. The molecule has 8 nitrogen and oxygen atoms in total. The Morgan fingerprint density at radius 2 is 1.76 bits per heavy atom. The molecule has 0 aliphatic carbocycles. The van der Waals surface area contributed by atoms with Crippen LogP contribution in [0.4, 0.5) is 0 Å². The minimum absolute atomic E-state index is 0.230. The van der Waals surface area contributed by atoms with Gasteiger partial charge in [-0.1, -0.05) is 43.3 Å². The molecule has 0 bridgehead atoms. The Kier molecular flexibility index (Phi) is 10.6. The van der Waals surface area contributed by atoms with Gasteiger partial charge in [0.05, 0.1) is 33.6 Å². The molecule has 2 aromatic carbocycles. The number of ether oxygens (including phenoxy) is 2. The Balaban J connectivity index is 1.81. The average molecular weight is 541 g/mol. The molecular weight excluding hydrogens is 504 g/mol. The van der Waals surface area contributed by atoms with Crippen LogP contribution in [0.15, 0.2) is 76.8 Å². The lowest BCUT2D eigenvalue weighted by molar-refractivity contribution is -0.132. The van der Waals surface area contributed by atoms with E-state index in [2.05, 4.69) is 0 Å². The molecule has 0 radical (unpaired) electrons. The first-order valence-corrected chi connectivity index (χ1v) is 14.0. The van der Waals surface area contributed by atoms with Crippen molar-refractivity contribution in [1.82, 2.24) is 9.21 Å². The van der Waals surface area contributed by atoms with Crippen LogP contribution in [-0.2, 0) is 27.8 Å². The number of sulfonamides is 1. The average Bonchev–Trinajstić information content (AvgIpc) is 3.46. The summed E-state index contributed by atoms with van der Waals surface area (Å²) in [6, 6.07) is 18.0. The van der Waals surface area contributed by atoms with Crippen LogP contribution in [0.1, 0.15) is 37.2 Å². The maximum absolute atomic E-state index is 13.6. The van der Waals surface area contributed by atoms with Crippen molar-refractivity contribution in [3.8, 4) is 11.5 Å². The van der Waals surface area contributed by atoms with Crippen LogP contribution in [0, 0.1) is 0 Å². The zero-order chi connectivity index (χ0) is 27.5. The van der Waals surface area contributed by atoms with Gasteiger partial charge < -0.3 is 18.8 Å². The van der Waals surface area contributed by atoms with Gasteiger partial charge in [0.25, 0.3) is 0 Å². The summed E-state index contributed by atoms with van der Waals surface area (Å²) in [6.45, 7) is 4.03. The van der Waals surface area contributed by atoms with Crippen LogP contribution in [0.25, 0.3) is 6.08 Å². The van der Waals surface area contributed by atoms with Gasteiger partial charge >= 0.3 is 0 Å². The highest BCUT2D eigenvalue weighted by molar-refractivity contribution is 7.92. The van der Waals surface area contributed by atoms with E-state index in [1.165, 1.54) is 9.71 Å². The number of rotatable bonds is 14. The Hall–Kier alpha value is -3.56. The molecule has 0 N–H and O–H groups in total. The number of furan rings is 1. The number of hydrogen-bond donors (Lipinski definition) is 0. The van der Waals surface area contributed by atoms with E-state index in [9.17, 15) is 13.2 Å². The highest BCUT2D eigenvalue weighted by atomic mass is 32.2. The smallest absolute Gasteiger partial charge is 0.238 e. The third-order valence-corrected chi connectivity index (χ3v) is 7.95. The van der Waals surface area contributed by atoms with Crippen LogP contribution in [-0.4, -0.2) is 56.9 Å². The summed E-state index contributed by atoms with van der Waals surface area (Å²) in [6.07, 6.45) is 4.20. The molecule has 1 aromatic heterocycles. The van der Waals surface area contributed by atoms with Crippen molar-refractivity contribution in [3.05, 3.63) is 89.2 Å². The van der Waals surface area contributed by atoms with E-state index in [-0.39, 0.29) is 25.0 Å². The number of carbonyl (C=O) groups is 1. The lowest BCUT2D eigenvalue weighted by atomic mass is 10.1. The molecule has 1 atom stereocenters. The molecule has 204 valence electrons. The van der Waals surface area contributed by atoms with Crippen molar-refractivity contribution in [3.63, 3.8) is 0 Å². The molecule has 1 heterocycles. The number of carbonyl (C=O) groups excluding carboxylic acids is 1. The van der Waals surface area contributed by atoms with Gasteiger partial charge in [0.15, 0.2) is 11.5 Å². The molecule has 3 rings (SSSR count). The monoisotopic (exact) mass is 540 g/mol. The lowest BCUT2D eigenvalue weighted by Crippen LogP contribution is -2.46. The van der Waals surface area contributed by atoms with E-state index in [0.717, 1.165) is 11.1 Å². The molecule has 0 aliphatic rings. The normalized spacial score (nSPS) is 12.6. The predicted octanol–water partition coefficient (Wildman–Crippen LogP) is 4.97. The highest BCUT2D eigenvalue weighted by Crippen LogP contribution is 2.28. The standard InChI is InChI=1S/C29H36N2O6S/c1-5-23(2)31(38(33,34)19-16-24-10-7-6-8-11-24)22-29(32)30(21-26-12-9-18-37-26)17-15-25-13-14-27(35-3)28(20-25)36-4/h6-14,16,18-20,23H,5,15,17,21-22H2,1-4H3/b19-16+/t23-/m1/s1. The van der Waals surface area contributed by atoms with Gasteiger partial charge in [-0.15, -0.1) is 0 Å². The maximum atomic E-state index is 13.6. The van der Waals surface area contributed by atoms with E-state index >= 15 is 0 Å². The maximum Gasteiger partial charge on any atom is 0.238 e. The minimum atomic E-state index is -3.85. The molecule has 0 saturated heterocycles.